The first-order valence-electron chi connectivity index (χ1n) is 21.5. The second-order valence-corrected chi connectivity index (χ2v) is 20.8. The third-order valence-corrected chi connectivity index (χ3v) is 12.9. The van der Waals surface area contributed by atoms with Crippen LogP contribution in [0.15, 0.2) is 110 Å². The first-order chi connectivity index (χ1) is 29.4. The Morgan fingerprint density at radius 3 is 1.10 bits per heavy atom. The summed E-state index contributed by atoms with van der Waals surface area (Å²) in [5.74, 6) is 0. The topological polar surface area (TPSA) is 90.4 Å². The van der Waals surface area contributed by atoms with Crippen molar-refractivity contribution in [2.45, 2.75) is 137 Å². The zero-order chi connectivity index (χ0) is 46.5. The lowest BCUT2D eigenvalue weighted by Crippen LogP contribution is -2.41. The summed E-state index contributed by atoms with van der Waals surface area (Å²) in [5, 5.41) is 14.6. The lowest BCUT2D eigenvalue weighted by molar-refractivity contribution is 0.00578. The highest BCUT2D eigenvalue weighted by Crippen LogP contribution is 2.37. The maximum absolute atomic E-state index is 6.09. The van der Waals surface area contributed by atoms with Crippen molar-refractivity contribution in [2.75, 3.05) is 0 Å². The van der Waals surface area contributed by atoms with Gasteiger partial charge in [-0.2, -0.15) is 15.3 Å². The molecule has 2 saturated heterocycles. The van der Waals surface area contributed by atoms with Gasteiger partial charge in [0.1, 0.15) is 0 Å². The Balaban J connectivity index is 0.000000167. The van der Waals surface area contributed by atoms with Crippen LogP contribution in [0.5, 0.6) is 0 Å². The van der Waals surface area contributed by atoms with Gasteiger partial charge in [0.15, 0.2) is 0 Å². The van der Waals surface area contributed by atoms with E-state index < -0.39 is 0 Å². The Hall–Kier alpha value is -3.43. The third-order valence-electron chi connectivity index (χ3n) is 11.7. The van der Waals surface area contributed by atoms with E-state index in [9.17, 15) is 0 Å². The van der Waals surface area contributed by atoms with Gasteiger partial charge in [-0.1, -0.05) is 59.6 Å². The van der Waals surface area contributed by atoms with Gasteiger partial charge in [0.05, 0.1) is 34.8 Å². The van der Waals surface area contributed by atoms with Crippen LogP contribution in [0.3, 0.4) is 0 Å². The summed E-state index contributed by atoms with van der Waals surface area (Å²) in [4.78, 5) is 0. The van der Waals surface area contributed by atoms with E-state index in [0.717, 1.165) is 43.2 Å². The van der Waals surface area contributed by atoms with Gasteiger partial charge < -0.3 is 18.6 Å². The van der Waals surface area contributed by atoms with E-state index in [0.29, 0.717) is 18.1 Å². The van der Waals surface area contributed by atoms with Gasteiger partial charge in [0.25, 0.3) is 0 Å². The van der Waals surface area contributed by atoms with Crippen molar-refractivity contribution in [1.82, 2.24) is 29.3 Å². The molecule has 2 aliphatic rings. The van der Waals surface area contributed by atoms with Crippen molar-refractivity contribution < 1.29 is 18.6 Å². The molecule has 8 rings (SSSR count). The van der Waals surface area contributed by atoms with E-state index in [1.807, 2.05) is 93.6 Å². The number of nitrogens with zero attached hydrogens (tertiary/aromatic N) is 6. The Morgan fingerprint density at radius 2 is 0.762 bits per heavy atom. The highest BCUT2D eigenvalue weighted by molar-refractivity contribution is 14.1. The van der Waals surface area contributed by atoms with Gasteiger partial charge in [-0.25, -0.2) is 0 Å². The molecule has 0 atom stereocenters. The zero-order valence-corrected chi connectivity index (χ0v) is 42.9. The van der Waals surface area contributed by atoms with Crippen LogP contribution in [0.1, 0.15) is 115 Å². The molecule has 0 bridgehead atoms. The number of rotatable bonds is 7. The zero-order valence-electron chi connectivity index (χ0n) is 39.2. The van der Waals surface area contributed by atoms with Gasteiger partial charge in [-0.05, 0) is 173 Å². The number of halogens is 3. The Labute approximate surface area is 399 Å². The predicted molar refractivity (Wildman–Crippen MR) is 269 cm³/mol. The second-order valence-electron chi connectivity index (χ2n) is 18.7. The summed E-state index contributed by atoms with van der Waals surface area (Å²) in [6, 6.07) is 25.0. The molecule has 63 heavy (non-hydrogen) atoms. The molecule has 0 saturated carbocycles. The van der Waals surface area contributed by atoms with E-state index >= 15 is 0 Å². The van der Waals surface area contributed by atoms with Gasteiger partial charge in [0.2, 0.25) is 0 Å². The predicted octanol–water partition coefficient (Wildman–Crippen LogP) is 11.9. The molecule has 15 heteroatoms. The van der Waals surface area contributed by atoms with Gasteiger partial charge in [0, 0.05) is 73.1 Å². The number of hydrogen-bond acceptors (Lipinski definition) is 7. The van der Waals surface area contributed by atoms with E-state index in [-0.39, 0.29) is 36.6 Å². The number of aromatic nitrogens is 6. The fourth-order valence-corrected chi connectivity index (χ4v) is 6.77. The summed E-state index contributed by atoms with van der Waals surface area (Å²) in [7, 11) is -0.625. The minimum atomic E-state index is -0.313. The summed E-state index contributed by atoms with van der Waals surface area (Å²) < 4.78 is 31.2. The van der Waals surface area contributed by atoms with E-state index in [1.54, 1.807) is 0 Å². The van der Waals surface area contributed by atoms with Crippen molar-refractivity contribution in [2.24, 2.45) is 0 Å². The molecule has 0 aliphatic carbocycles. The molecule has 0 amide bonds. The van der Waals surface area contributed by atoms with Crippen LogP contribution in [0, 0.1) is 3.57 Å². The second kappa shape index (κ2) is 20.8. The highest BCUT2D eigenvalue weighted by atomic mass is 127. The first kappa shape index (κ1) is 50.6. The Kier molecular flexibility index (Phi) is 16.7. The van der Waals surface area contributed by atoms with Crippen molar-refractivity contribution >= 4 is 71.0 Å². The van der Waals surface area contributed by atoms with Crippen molar-refractivity contribution in [3.8, 4) is 22.3 Å². The van der Waals surface area contributed by atoms with E-state index in [2.05, 4.69) is 165 Å². The quantitative estimate of drug-likeness (QED) is 0.116. The lowest BCUT2D eigenvalue weighted by Gasteiger charge is -2.32. The molecule has 0 spiro atoms. The largest absolute Gasteiger partial charge is 0.498 e. The maximum atomic E-state index is 6.09. The Bertz CT molecular complexity index is 2310. The molecule has 2 fully saturated rings. The third kappa shape index (κ3) is 13.1. The van der Waals surface area contributed by atoms with Gasteiger partial charge in [-0.3, -0.25) is 14.0 Å². The molecule has 336 valence electrons. The lowest BCUT2D eigenvalue weighted by atomic mass is 9.78. The van der Waals surface area contributed by atoms with Crippen LogP contribution in [0.2, 0.25) is 10.0 Å². The van der Waals surface area contributed by atoms with Crippen molar-refractivity contribution in [3.63, 3.8) is 0 Å². The monoisotopic (exact) mass is 1010 g/mol. The molecule has 3 aromatic heterocycles. The summed E-state index contributed by atoms with van der Waals surface area (Å²) in [6.45, 7) is 29.2. The average Bonchev–Trinajstić information content (AvgIpc) is 4.05. The fraction of sp³-hybridized carbons (Fsp3) is 0.438. The maximum Gasteiger partial charge on any atom is 0.498 e. The van der Waals surface area contributed by atoms with Crippen LogP contribution in [0.25, 0.3) is 22.3 Å². The van der Waals surface area contributed by atoms with Gasteiger partial charge >= 0.3 is 14.2 Å². The van der Waals surface area contributed by atoms with Crippen LogP contribution in [-0.4, -0.2) is 66.0 Å². The molecule has 10 nitrogen and oxygen atoms in total. The standard InChI is InChI=1S/C18H25BN2O2.C12H21BN2O2.C12H13ClN2.C6H4ClI/c1-13(2)21-12-15(11-20-21)14-7-9-16(10-8-14)19-22-17(3,4)18(5,6)23-19;1-9(2)15-8-10(7-14-15)13-16-11(3,4)12(5,6)17-13;1-9(2)15-8-11(7-14-15)10-3-5-12(13)6-4-10;7-5-1-3-6(8)4-2-5/h7-13H,1-6H3;7-9H,1-6H3;3-9H,1-2H3;1-4H. The smallest absolute Gasteiger partial charge is 0.399 e. The average molecular weight is 1010 g/mol. The molecule has 3 aromatic carbocycles. The molecule has 2 aliphatic heterocycles. The summed E-state index contributed by atoms with van der Waals surface area (Å²) in [6.07, 6.45) is 11.7. The fourth-order valence-electron chi connectivity index (χ4n) is 6.16. The van der Waals surface area contributed by atoms with E-state index in [4.69, 9.17) is 41.8 Å². The molecule has 0 N–H and O–H groups in total. The molecule has 0 radical (unpaired) electrons. The first-order valence-corrected chi connectivity index (χ1v) is 23.3. The normalized spacial score (nSPS) is 17.0. The summed E-state index contributed by atoms with van der Waals surface area (Å²) in [5.41, 5.74) is 5.36. The number of benzene rings is 3. The molecule has 5 heterocycles. The van der Waals surface area contributed by atoms with Crippen molar-refractivity contribution in [3.05, 3.63) is 124 Å². The van der Waals surface area contributed by atoms with E-state index in [1.165, 1.54) is 3.57 Å². The molecule has 6 aromatic rings. The molecular formula is C48H63B2Cl2IN6O4. The van der Waals surface area contributed by atoms with Crippen LogP contribution in [0.4, 0.5) is 0 Å². The number of hydrogen-bond donors (Lipinski definition) is 0. The Morgan fingerprint density at radius 1 is 0.444 bits per heavy atom. The minimum Gasteiger partial charge on any atom is -0.399 e. The SMILES string of the molecule is CC(C)n1cc(-c2ccc(B3OC(C)(C)C(C)(C)O3)cc2)cn1.CC(C)n1cc(-c2ccc(Cl)cc2)cn1.CC(C)n1cc(B2OC(C)(C)C(C)(C)O2)cn1.Clc1ccc(I)cc1. The van der Waals surface area contributed by atoms with Crippen molar-refractivity contribution in [1.29, 1.82) is 0 Å². The minimum absolute atomic E-state index is 0.294. The summed E-state index contributed by atoms with van der Waals surface area (Å²) >= 11 is 13.7. The van der Waals surface area contributed by atoms with Gasteiger partial charge in [-0.15, -0.1) is 0 Å². The van der Waals surface area contributed by atoms with Crippen LogP contribution >= 0.6 is 45.8 Å². The molecule has 0 unspecified atom stereocenters. The van der Waals surface area contributed by atoms with Crippen LogP contribution < -0.4 is 10.9 Å². The van der Waals surface area contributed by atoms with Crippen LogP contribution in [-0.2, 0) is 18.6 Å². The highest BCUT2D eigenvalue weighted by Gasteiger charge is 2.53. The molecular weight excluding hydrogens is 944 g/mol.